The Morgan fingerprint density at radius 3 is 2.45 bits per heavy atom. The van der Waals surface area contributed by atoms with Gasteiger partial charge in [-0.1, -0.05) is 35.9 Å². The highest BCUT2D eigenvalue weighted by molar-refractivity contribution is 6.31. The van der Waals surface area contributed by atoms with E-state index in [1.54, 1.807) is 12.1 Å². The number of benzene rings is 2. The average molecular weight is 605 g/mol. The van der Waals surface area contributed by atoms with Gasteiger partial charge in [-0.15, -0.1) is 0 Å². The molecule has 2 amide bonds. The van der Waals surface area contributed by atoms with Crippen LogP contribution in [0.4, 0.5) is 28.0 Å². The molecule has 0 spiro atoms. The number of rotatable bonds is 7. The van der Waals surface area contributed by atoms with Gasteiger partial charge in [-0.2, -0.15) is 13.2 Å². The first kappa shape index (κ1) is 29.8. The summed E-state index contributed by atoms with van der Waals surface area (Å²) in [6.07, 6.45) is -3.28. The van der Waals surface area contributed by atoms with Crippen LogP contribution in [0.3, 0.4) is 0 Å². The van der Waals surface area contributed by atoms with Gasteiger partial charge >= 0.3 is 12.3 Å². The summed E-state index contributed by atoms with van der Waals surface area (Å²) in [6, 6.07) is 13.1. The Kier molecular flexibility index (Phi) is 8.70. The molecule has 3 aromatic rings. The van der Waals surface area contributed by atoms with Crippen molar-refractivity contribution in [1.82, 2.24) is 15.2 Å². The fourth-order valence-corrected chi connectivity index (χ4v) is 5.64. The number of nitrogens with zero attached hydrogens (tertiary/aromatic N) is 3. The van der Waals surface area contributed by atoms with Gasteiger partial charge in [0.15, 0.2) is 0 Å². The lowest BCUT2D eigenvalue weighted by Crippen LogP contribution is -2.33. The molecule has 42 heavy (non-hydrogen) atoms. The Labute approximate surface area is 245 Å². The molecule has 0 bridgehead atoms. The van der Waals surface area contributed by atoms with E-state index in [9.17, 15) is 22.8 Å². The highest BCUT2D eigenvalue weighted by Crippen LogP contribution is 2.36. The molecule has 3 heterocycles. The number of hydrogen-bond acceptors (Lipinski definition) is 5. The fraction of sp³-hybridized carbons (Fsp3) is 0.367. The first-order valence-corrected chi connectivity index (χ1v) is 13.9. The topological polar surface area (TPSA) is 74.8 Å². The zero-order valence-corrected chi connectivity index (χ0v) is 23.5. The molecule has 1 aromatic heterocycles. The lowest BCUT2D eigenvalue weighted by Gasteiger charge is -2.32. The van der Waals surface area contributed by atoms with Gasteiger partial charge in [-0.3, -0.25) is 19.6 Å². The lowest BCUT2D eigenvalue weighted by atomic mass is 9.92. The number of carbonyl (C=O) groups excluding carboxylic acids is 2. The summed E-state index contributed by atoms with van der Waals surface area (Å²) in [5.41, 5.74) is 2.17. The molecule has 2 fully saturated rings. The van der Waals surface area contributed by atoms with E-state index >= 15 is 4.39 Å². The summed E-state index contributed by atoms with van der Waals surface area (Å²) in [4.78, 5) is 31.0. The summed E-state index contributed by atoms with van der Waals surface area (Å²) < 4.78 is 59.2. The van der Waals surface area contributed by atoms with Crippen molar-refractivity contribution in [3.63, 3.8) is 0 Å². The van der Waals surface area contributed by atoms with Crippen molar-refractivity contribution in [2.45, 2.75) is 44.5 Å². The molecule has 0 radical (unpaired) electrons. The molecule has 0 aliphatic carbocycles. The third-order valence-corrected chi connectivity index (χ3v) is 7.86. The second kappa shape index (κ2) is 12.3. The largest absolute Gasteiger partial charge is 0.442 e. The molecular weight excluding hydrogens is 576 g/mol. The van der Waals surface area contributed by atoms with E-state index in [1.165, 1.54) is 17.9 Å². The van der Waals surface area contributed by atoms with Crippen molar-refractivity contribution >= 4 is 29.3 Å². The number of hydrogen-bond donors (Lipinski definition) is 1. The molecule has 222 valence electrons. The van der Waals surface area contributed by atoms with Gasteiger partial charge in [0.2, 0.25) is 5.91 Å². The molecule has 7 nitrogen and oxygen atoms in total. The van der Waals surface area contributed by atoms with Crippen molar-refractivity contribution < 1.29 is 31.9 Å². The summed E-state index contributed by atoms with van der Waals surface area (Å²) in [5.74, 6) is -0.707. The van der Waals surface area contributed by atoms with Crippen LogP contribution in [-0.2, 0) is 22.3 Å². The number of cyclic esters (lactones) is 1. The van der Waals surface area contributed by atoms with E-state index in [4.69, 9.17) is 16.3 Å². The highest BCUT2D eigenvalue weighted by Gasteiger charge is 2.34. The fourth-order valence-electron chi connectivity index (χ4n) is 5.32. The molecule has 2 aliphatic heterocycles. The second-order valence-electron chi connectivity index (χ2n) is 10.6. The minimum absolute atomic E-state index is 0.00475. The standard InChI is InChI=1S/C30H29ClF4N4O3/c1-18(40)36-15-24-17-39(29(41)42-24)23-6-7-25(27(32)13-23)20-4-2-19(3-5-20)16-38-10-8-21(9-11-38)28-26(31)12-22(14-37-28)30(33,34)35/h2-7,12-14,21,24H,8-11,15-17H2,1H3,(H,36,40)/t24-/m0/s1. The lowest BCUT2D eigenvalue weighted by molar-refractivity contribution is -0.137. The Morgan fingerprint density at radius 2 is 1.83 bits per heavy atom. The van der Waals surface area contributed by atoms with Gasteiger partial charge in [-0.05, 0) is 61.3 Å². The van der Waals surface area contributed by atoms with Gasteiger partial charge in [0.25, 0.3) is 0 Å². The van der Waals surface area contributed by atoms with Crippen LogP contribution in [0.15, 0.2) is 54.7 Å². The number of amides is 2. The molecule has 0 unspecified atom stereocenters. The number of halogens is 5. The summed E-state index contributed by atoms with van der Waals surface area (Å²) >= 11 is 6.15. The normalized spacial score (nSPS) is 18.3. The zero-order chi connectivity index (χ0) is 30.0. The van der Waals surface area contributed by atoms with Crippen molar-refractivity contribution in [2.24, 2.45) is 0 Å². The number of aromatic nitrogens is 1. The Hall–Kier alpha value is -3.70. The first-order valence-electron chi connectivity index (χ1n) is 13.5. The number of nitrogens with one attached hydrogen (secondary N) is 1. The van der Waals surface area contributed by atoms with Crippen LogP contribution in [0.1, 0.15) is 42.5 Å². The predicted molar refractivity (Wildman–Crippen MR) is 150 cm³/mol. The Morgan fingerprint density at radius 1 is 1.12 bits per heavy atom. The van der Waals surface area contributed by atoms with Gasteiger partial charge < -0.3 is 10.1 Å². The van der Waals surface area contributed by atoms with E-state index in [-0.39, 0.29) is 29.9 Å². The number of piperidine rings is 1. The quantitative estimate of drug-likeness (QED) is 0.316. The van der Waals surface area contributed by atoms with Gasteiger partial charge in [0.1, 0.15) is 11.9 Å². The van der Waals surface area contributed by atoms with Gasteiger partial charge in [-0.25, -0.2) is 9.18 Å². The molecule has 5 rings (SSSR count). The van der Waals surface area contributed by atoms with Crippen LogP contribution in [0, 0.1) is 5.82 Å². The highest BCUT2D eigenvalue weighted by atomic mass is 35.5. The van der Waals surface area contributed by atoms with E-state index in [2.05, 4.69) is 15.2 Å². The number of pyridine rings is 1. The van der Waals surface area contributed by atoms with Crippen molar-refractivity contribution in [3.8, 4) is 11.1 Å². The maximum absolute atomic E-state index is 15.1. The van der Waals surface area contributed by atoms with Gasteiger partial charge in [0.05, 0.1) is 35.1 Å². The second-order valence-corrected chi connectivity index (χ2v) is 11.0. The molecule has 0 saturated carbocycles. The monoisotopic (exact) mass is 604 g/mol. The van der Waals surface area contributed by atoms with Gasteiger partial charge in [0, 0.05) is 31.1 Å². The maximum atomic E-state index is 15.1. The number of carbonyl (C=O) groups is 2. The summed E-state index contributed by atoms with van der Waals surface area (Å²) in [7, 11) is 0. The maximum Gasteiger partial charge on any atom is 0.417 e. The molecule has 1 atom stereocenters. The third-order valence-electron chi connectivity index (χ3n) is 7.56. The number of anilines is 1. The van der Waals surface area contributed by atoms with Crippen molar-refractivity contribution in [3.05, 3.63) is 82.4 Å². The molecular formula is C30H29ClF4N4O3. The SMILES string of the molecule is CC(=O)NC[C@H]1CN(c2ccc(-c3ccc(CN4CCC(c5ncc(C(F)(F)F)cc5Cl)CC4)cc3)c(F)c2)C(=O)O1. The van der Waals surface area contributed by atoms with Crippen molar-refractivity contribution in [1.29, 1.82) is 0 Å². The van der Waals surface area contributed by atoms with Crippen LogP contribution in [0.25, 0.3) is 11.1 Å². The zero-order valence-electron chi connectivity index (χ0n) is 22.8. The first-order chi connectivity index (χ1) is 20.0. The number of likely N-dealkylation sites (tertiary alicyclic amines) is 1. The van der Waals surface area contributed by atoms with E-state index in [0.29, 0.717) is 29.1 Å². The van der Waals surface area contributed by atoms with E-state index in [1.807, 2.05) is 24.3 Å². The predicted octanol–water partition coefficient (Wildman–Crippen LogP) is 6.40. The minimum atomic E-state index is -4.48. The average Bonchev–Trinajstić information content (AvgIpc) is 3.33. The van der Waals surface area contributed by atoms with Crippen LogP contribution < -0.4 is 10.2 Å². The Balaban J connectivity index is 1.16. The number of alkyl halides is 3. The summed E-state index contributed by atoms with van der Waals surface area (Å²) in [5, 5.41) is 2.66. The molecule has 1 N–H and O–H groups in total. The van der Waals surface area contributed by atoms with Crippen LogP contribution in [0.5, 0.6) is 0 Å². The molecule has 12 heteroatoms. The summed E-state index contributed by atoms with van der Waals surface area (Å²) in [6.45, 7) is 3.93. The van der Waals surface area contributed by atoms with E-state index in [0.717, 1.165) is 43.8 Å². The minimum Gasteiger partial charge on any atom is -0.442 e. The third kappa shape index (κ3) is 6.84. The molecule has 2 saturated heterocycles. The van der Waals surface area contributed by atoms with Crippen molar-refractivity contribution in [2.75, 3.05) is 31.1 Å². The molecule has 2 aromatic carbocycles. The van der Waals surface area contributed by atoms with Crippen LogP contribution in [-0.4, -0.2) is 54.2 Å². The Bertz CT molecular complexity index is 1460. The van der Waals surface area contributed by atoms with Crippen LogP contribution in [0.2, 0.25) is 5.02 Å². The van der Waals surface area contributed by atoms with E-state index < -0.39 is 29.8 Å². The van der Waals surface area contributed by atoms with Crippen LogP contribution >= 0.6 is 11.6 Å². The smallest absolute Gasteiger partial charge is 0.417 e. The number of ether oxygens (including phenoxy) is 1. The molecule has 2 aliphatic rings.